The van der Waals surface area contributed by atoms with Crippen LogP contribution >= 0.6 is 11.6 Å². The zero-order valence-corrected chi connectivity index (χ0v) is 18.7. The Morgan fingerprint density at radius 3 is 2.29 bits per heavy atom. The van der Waals surface area contributed by atoms with E-state index in [9.17, 15) is 13.2 Å². The summed E-state index contributed by atoms with van der Waals surface area (Å²) in [6, 6.07) is 19.0. The molecule has 0 bridgehead atoms. The van der Waals surface area contributed by atoms with Crippen LogP contribution in [0.3, 0.4) is 0 Å². The number of aromatic nitrogens is 1. The minimum Gasteiger partial charge on any atom is -0.337 e. The molecule has 1 N–H and O–H groups in total. The molecule has 4 aromatic rings. The number of nitrogens with one attached hydrogen (secondary N) is 1. The van der Waals surface area contributed by atoms with Gasteiger partial charge >= 0.3 is 0 Å². The van der Waals surface area contributed by atoms with Crippen LogP contribution < -0.4 is 5.32 Å². The van der Waals surface area contributed by atoms with Gasteiger partial charge in [0.1, 0.15) is 6.54 Å². The smallest absolute Gasteiger partial charge is 0.244 e. The van der Waals surface area contributed by atoms with Crippen molar-refractivity contribution >= 4 is 43.9 Å². The van der Waals surface area contributed by atoms with Gasteiger partial charge in [-0.2, -0.15) is 0 Å². The van der Waals surface area contributed by atoms with E-state index in [0.29, 0.717) is 21.6 Å². The molecule has 4 rings (SSSR count). The molecule has 0 atom stereocenters. The topological polar surface area (TPSA) is 68.2 Å². The largest absolute Gasteiger partial charge is 0.337 e. The van der Waals surface area contributed by atoms with Gasteiger partial charge in [0, 0.05) is 27.8 Å². The van der Waals surface area contributed by atoms with Crippen molar-refractivity contribution in [1.29, 1.82) is 0 Å². The Bertz CT molecular complexity index is 1370. The number of carbonyl (C=O) groups is 1. The summed E-state index contributed by atoms with van der Waals surface area (Å²) < 4.78 is 28.2. The highest BCUT2D eigenvalue weighted by molar-refractivity contribution is 7.91. The summed E-state index contributed by atoms with van der Waals surface area (Å²) in [6.07, 6.45) is 1.52. The Kier molecular flexibility index (Phi) is 5.60. The monoisotopic (exact) mass is 452 g/mol. The van der Waals surface area contributed by atoms with Gasteiger partial charge in [-0.25, -0.2) is 8.42 Å². The number of benzene rings is 3. The predicted octanol–water partition coefficient (Wildman–Crippen LogP) is 5.38. The van der Waals surface area contributed by atoms with Crippen molar-refractivity contribution < 1.29 is 13.2 Å². The summed E-state index contributed by atoms with van der Waals surface area (Å²) in [5, 5.41) is 3.93. The zero-order chi connectivity index (χ0) is 22.2. The normalized spacial score (nSPS) is 11.6. The molecule has 3 aromatic carbocycles. The summed E-state index contributed by atoms with van der Waals surface area (Å²) in [4.78, 5) is 13.0. The van der Waals surface area contributed by atoms with E-state index in [-0.39, 0.29) is 22.2 Å². The molecule has 0 radical (unpaired) electrons. The number of hydrogen-bond donors (Lipinski definition) is 1. The lowest BCUT2D eigenvalue weighted by Gasteiger charge is -2.09. The number of rotatable bonds is 5. The summed E-state index contributed by atoms with van der Waals surface area (Å²) >= 11 is 5.91. The lowest BCUT2D eigenvalue weighted by atomic mass is 10.1. The van der Waals surface area contributed by atoms with Crippen LogP contribution in [0, 0.1) is 13.8 Å². The van der Waals surface area contributed by atoms with E-state index >= 15 is 0 Å². The van der Waals surface area contributed by atoms with Crippen LogP contribution in [0.5, 0.6) is 0 Å². The van der Waals surface area contributed by atoms with Gasteiger partial charge in [-0.3, -0.25) is 4.79 Å². The molecule has 7 heteroatoms. The molecular formula is C24H21ClN2O3S. The number of carbonyl (C=O) groups excluding carboxylic acids is 1. The highest BCUT2D eigenvalue weighted by Gasteiger charge is 2.24. The summed E-state index contributed by atoms with van der Waals surface area (Å²) in [5.74, 6) is -0.235. The molecule has 158 valence electrons. The average Bonchev–Trinajstić information content (AvgIpc) is 3.07. The molecule has 31 heavy (non-hydrogen) atoms. The second-order valence-electron chi connectivity index (χ2n) is 7.52. The number of amides is 1. The van der Waals surface area contributed by atoms with Crippen LogP contribution in [0.1, 0.15) is 11.1 Å². The van der Waals surface area contributed by atoms with Gasteiger partial charge in [-0.1, -0.05) is 35.9 Å². The van der Waals surface area contributed by atoms with Crippen molar-refractivity contribution in [3.63, 3.8) is 0 Å². The zero-order valence-electron chi connectivity index (χ0n) is 17.1. The van der Waals surface area contributed by atoms with Crippen molar-refractivity contribution in [2.45, 2.75) is 30.2 Å². The van der Waals surface area contributed by atoms with Gasteiger partial charge in [-0.15, -0.1) is 0 Å². The van der Waals surface area contributed by atoms with E-state index in [4.69, 9.17) is 11.6 Å². The molecule has 0 unspecified atom stereocenters. The van der Waals surface area contributed by atoms with Gasteiger partial charge in [0.25, 0.3) is 0 Å². The Morgan fingerprint density at radius 1 is 0.968 bits per heavy atom. The highest BCUT2D eigenvalue weighted by atomic mass is 35.5. The third kappa shape index (κ3) is 4.36. The van der Waals surface area contributed by atoms with Gasteiger partial charge in [0.15, 0.2) is 0 Å². The maximum atomic E-state index is 13.3. The van der Waals surface area contributed by atoms with Crippen molar-refractivity contribution in [3.05, 3.63) is 89.1 Å². The SMILES string of the molecule is Cc1cc(C)cc(NC(=O)Cn2cc(S(=O)(=O)c3ccc(Cl)cc3)c3ccccc32)c1. The third-order valence-corrected chi connectivity index (χ3v) is 7.03. The summed E-state index contributed by atoms with van der Waals surface area (Å²) in [6.45, 7) is 3.93. The highest BCUT2D eigenvalue weighted by Crippen LogP contribution is 2.30. The van der Waals surface area contributed by atoms with E-state index in [1.165, 1.54) is 18.3 Å². The first-order chi connectivity index (χ1) is 14.7. The van der Waals surface area contributed by atoms with Crippen LogP contribution in [-0.2, 0) is 21.2 Å². The number of sulfone groups is 1. The van der Waals surface area contributed by atoms with E-state index in [1.54, 1.807) is 34.9 Å². The Balaban J connectivity index is 1.70. The van der Waals surface area contributed by atoms with Crippen molar-refractivity contribution in [2.24, 2.45) is 0 Å². The fourth-order valence-corrected chi connectivity index (χ4v) is 5.30. The van der Waals surface area contributed by atoms with Crippen molar-refractivity contribution in [3.8, 4) is 0 Å². The van der Waals surface area contributed by atoms with E-state index in [1.807, 2.05) is 38.1 Å². The maximum Gasteiger partial charge on any atom is 0.244 e. The van der Waals surface area contributed by atoms with Crippen molar-refractivity contribution in [2.75, 3.05) is 5.32 Å². The molecule has 0 saturated carbocycles. The fourth-order valence-electron chi connectivity index (χ4n) is 3.70. The molecule has 1 aromatic heterocycles. The molecule has 0 fully saturated rings. The molecular weight excluding hydrogens is 432 g/mol. The average molecular weight is 453 g/mol. The van der Waals surface area contributed by atoms with Crippen LogP contribution in [0.4, 0.5) is 5.69 Å². The molecule has 0 aliphatic rings. The number of halogens is 1. The molecule has 5 nitrogen and oxygen atoms in total. The second kappa shape index (κ2) is 8.21. The quantitative estimate of drug-likeness (QED) is 0.441. The first kappa shape index (κ1) is 21.2. The Labute approximate surface area is 186 Å². The Morgan fingerprint density at radius 2 is 1.61 bits per heavy atom. The number of nitrogens with zero attached hydrogens (tertiary/aromatic N) is 1. The number of anilines is 1. The van der Waals surface area contributed by atoms with Gasteiger partial charge in [-0.05, 0) is 67.4 Å². The van der Waals surface area contributed by atoms with Crippen LogP contribution in [0.15, 0.2) is 82.7 Å². The van der Waals surface area contributed by atoms with E-state index in [2.05, 4.69) is 5.32 Å². The van der Waals surface area contributed by atoms with Gasteiger partial charge in [0.2, 0.25) is 15.7 Å². The Hall–Kier alpha value is -3.09. The van der Waals surface area contributed by atoms with Crippen LogP contribution in [0.2, 0.25) is 5.02 Å². The number of hydrogen-bond acceptors (Lipinski definition) is 3. The minimum atomic E-state index is -3.78. The number of para-hydroxylation sites is 1. The lowest BCUT2D eigenvalue weighted by Crippen LogP contribution is -2.18. The molecule has 1 amide bonds. The first-order valence-electron chi connectivity index (χ1n) is 9.71. The standard InChI is InChI=1S/C24H21ClN2O3S/c1-16-11-17(2)13-19(12-16)26-24(28)15-27-14-23(21-5-3-4-6-22(21)27)31(29,30)20-9-7-18(25)8-10-20/h3-14H,15H2,1-2H3,(H,26,28). The van der Waals surface area contributed by atoms with Crippen molar-refractivity contribution in [1.82, 2.24) is 4.57 Å². The number of aryl methyl sites for hydroxylation is 2. The summed E-state index contributed by atoms with van der Waals surface area (Å²) in [7, 11) is -3.78. The summed E-state index contributed by atoms with van der Waals surface area (Å²) in [5.41, 5.74) is 3.50. The first-order valence-corrected chi connectivity index (χ1v) is 11.6. The molecule has 0 spiro atoms. The van der Waals surface area contributed by atoms with Gasteiger partial charge in [0.05, 0.1) is 9.79 Å². The van der Waals surface area contributed by atoms with Gasteiger partial charge < -0.3 is 9.88 Å². The molecule has 0 aliphatic carbocycles. The second-order valence-corrected chi connectivity index (χ2v) is 9.87. The third-order valence-electron chi connectivity index (χ3n) is 4.98. The molecule has 1 heterocycles. The number of fused-ring (bicyclic) bond motifs is 1. The minimum absolute atomic E-state index is 0.0103. The lowest BCUT2D eigenvalue weighted by molar-refractivity contribution is -0.116. The van der Waals surface area contributed by atoms with E-state index in [0.717, 1.165) is 11.1 Å². The molecule has 0 aliphatic heterocycles. The maximum absolute atomic E-state index is 13.3. The van der Waals surface area contributed by atoms with E-state index < -0.39 is 9.84 Å². The van der Waals surface area contributed by atoms with Crippen LogP contribution in [-0.4, -0.2) is 18.9 Å². The fraction of sp³-hybridized carbons (Fsp3) is 0.125. The predicted molar refractivity (Wildman–Crippen MR) is 123 cm³/mol. The molecule has 0 saturated heterocycles. The van der Waals surface area contributed by atoms with Crippen LogP contribution in [0.25, 0.3) is 10.9 Å².